The lowest BCUT2D eigenvalue weighted by molar-refractivity contribution is -0.138. The summed E-state index contributed by atoms with van der Waals surface area (Å²) < 4.78 is 5.01. The number of carbonyl (C=O) groups is 1. The zero-order chi connectivity index (χ0) is 10.8. The van der Waals surface area contributed by atoms with E-state index in [1.807, 2.05) is 13.1 Å². The van der Waals surface area contributed by atoms with Gasteiger partial charge in [-0.1, -0.05) is 25.8 Å². The molecule has 0 fully saturated rings. The number of nitrogens with one attached hydrogen (secondary N) is 1. The summed E-state index contributed by atoms with van der Waals surface area (Å²) in [6.07, 6.45) is 5.19. The fourth-order valence-electron chi connectivity index (χ4n) is 0.966. The van der Waals surface area contributed by atoms with Crippen LogP contribution in [0.4, 0.5) is 0 Å². The molecule has 0 saturated heterocycles. The molecule has 0 atom stereocenters. The molecule has 0 aliphatic carbocycles. The quantitative estimate of drug-likeness (QED) is 0.386. The molecule has 0 aromatic heterocycles. The van der Waals surface area contributed by atoms with Crippen LogP contribution in [0.3, 0.4) is 0 Å². The Labute approximate surface area is 86.5 Å². The smallest absolute Gasteiger partial charge is 0.333 e. The minimum Gasteiger partial charge on any atom is -0.461 e. The molecule has 0 aromatic carbocycles. The first-order valence-corrected chi connectivity index (χ1v) is 5.20. The summed E-state index contributed by atoms with van der Waals surface area (Å²) in [4.78, 5) is 11.3. The molecule has 1 N–H and O–H groups in total. The van der Waals surface area contributed by atoms with Gasteiger partial charge in [0.25, 0.3) is 0 Å². The van der Waals surface area contributed by atoms with E-state index in [1.54, 1.807) is 6.92 Å². The summed E-state index contributed by atoms with van der Waals surface area (Å²) in [5.41, 5.74) is 0.717. The van der Waals surface area contributed by atoms with E-state index in [9.17, 15) is 4.79 Å². The van der Waals surface area contributed by atoms with Crippen molar-refractivity contribution in [2.45, 2.75) is 33.1 Å². The molecule has 3 nitrogen and oxygen atoms in total. The molecule has 0 saturated carbocycles. The number of likely N-dealkylation sites (N-methyl/N-ethyl adjacent to an activating group) is 1. The Bertz CT molecular complexity index is 188. The highest BCUT2D eigenvalue weighted by Gasteiger charge is 2.03. The third-order valence-electron chi connectivity index (χ3n) is 1.92. The number of allylic oxidation sites excluding steroid dienone is 1. The topological polar surface area (TPSA) is 38.3 Å². The first kappa shape index (κ1) is 13.2. The highest BCUT2D eigenvalue weighted by atomic mass is 16.5. The van der Waals surface area contributed by atoms with Crippen molar-refractivity contribution in [1.82, 2.24) is 5.32 Å². The van der Waals surface area contributed by atoms with Crippen LogP contribution >= 0.6 is 0 Å². The Balaban J connectivity index is 3.68. The van der Waals surface area contributed by atoms with Crippen molar-refractivity contribution in [2.75, 3.05) is 20.2 Å². The number of unbranched alkanes of at least 4 members (excludes halogenated alkanes) is 2. The molecule has 82 valence electrons. The molecule has 0 amide bonds. The van der Waals surface area contributed by atoms with Crippen LogP contribution in [0.1, 0.15) is 33.1 Å². The maximum Gasteiger partial charge on any atom is 0.333 e. The van der Waals surface area contributed by atoms with E-state index in [4.69, 9.17) is 4.74 Å². The van der Waals surface area contributed by atoms with Gasteiger partial charge in [0.2, 0.25) is 0 Å². The molecular weight excluding hydrogens is 178 g/mol. The third kappa shape index (κ3) is 6.66. The first-order valence-electron chi connectivity index (χ1n) is 5.20. The van der Waals surface area contributed by atoms with Crippen molar-refractivity contribution < 1.29 is 9.53 Å². The van der Waals surface area contributed by atoms with Gasteiger partial charge in [0.1, 0.15) is 6.61 Å². The fourth-order valence-corrected chi connectivity index (χ4v) is 0.966. The van der Waals surface area contributed by atoms with E-state index in [2.05, 4.69) is 12.2 Å². The standard InChI is InChI=1S/C11H21NO2/c1-4-5-6-7-10(2)11(13)14-9-8-12-3/h7,12H,4-6,8-9H2,1-3H3. The normalized spacial score (nSPS) is 11.5. The van der Waals surface area contributed by atoms with Crippen molar-refractivity contribution in [3.8, 4) is 0 Å². The third-order valence-corrected chi connectivity index (χ3v) is 1.92. The molecule has 0 unspecified atom stereocenters. The van der Waals surface area contributed by atoms with Crippen molar-refractivity contribution in [3.05, 3.63) is 11.6 Å². The summed E-state index contributed by atoms with van der Waals surface area (Å²) >= 11 is 0. The van der Waals surface area contributed by atoms with Gasteiger partial charge in [0.15, 0.2) is 0 Å². The Hall–Kier alpha value is -0.830. The van der Waals surface area contributed by atoms with Crippen molar-refractivity contribution in [3.63, 3.8) is 0 Å². The highest BCUT2D eigenvalue weighted by Crippen LogP contribution is 2.02. The van der Waals surface area contributed by atoms with Crippen LogP contribution < -0.4 is 5.32 Å². The molecular formula is C11H21NO2. The highest BCUT2D eigenvalue weighted by molar-refractivity contribution is 5.87. The van der Waals surface area contributed by atoms with Crippen LogP contribution in [-0.4, -0.2) is 26.2 Å². The number of hydrogen-bond acceptors (Lipinski definition) is 3. The minimum absolute atomic E-state index is 0.198. The predicted octanol–water partition coefficient (Wildman–Crippen LogP) is 1.89. The van der Waals surface area contributed by atoms with Gasteiger partial charge in [0.05, 0.1) is 0 Å². The van der Waals surface area contributed by atoms with Gasteiger partial charge in [-0.25, -0.2) is 4.79 Å². The molecule has 0 spiro atoms. The Morgan fingerprint density at radius 1 is 1.50 bits per heavy atom. The summed E-state index contributed by atoms with van der Waals surface area (Å²) in [5, 5.41) is 2.92. The largest absolute Gasteiger partial charge is 0.461 e. The minimum atomic E-state index is -0.198. The fraction of sp³-hybridized carbons (Fsp3) is 0.727. The van der Waals surface area contributed by atoms with Crippen LogP contribution in [0.25, 0.3) is 0 Å². The number of carbonyl (C=O) groups excluding carboxylic acids is 1. The van der Waals surface area contributed by atoms with Gasteiger partial charge in [-0.05, 0) is 20.4 Å². The Kier molecular flexibility index (Phi) is 8.24. The van der Waals surface area contributed by atoms with Crippen LogP contribution in [0, 0.1) is 0 Å². The molecule has 0 aliphatic rings. The lowest BCUT2D eigenvalue weighted by atomic mass is 10.2. The maximum absolute atomic E-state index is 11.3. The van der Waals surface area contributed by atoms with Gasteiger partial charge in [-0.2, -0.15) is 0 Å². The van der Waals surface area contributed by atoms with E-state index >= 15 is 0 Å². The zero-order valence-corrected chi connectivity index (χ0v) is 9.43. The lowest BCUT2D eigenvalue weighted by Crippen LogP contribution is -2.17. The molecule has 0 rings (SSSR count). The van der Waals surface area contributed by atoms with Gasteiger partial charge < -0.3 is 10.1 Å². The monoisotopic (exact) mass is 199 g/mol. The van der Waals surface area contributed by atoms with E-state index in [0.717, 1.165) is 24.8 Å². The van der Waals surface area contributed by atoms with Gasteiger partial charge >= 0.3 is 5.97 Å². The molecule has 14 heavy (non-hydrogen) atoms. The van der Waals surface area contributed by atoms with Gasteiger partial charge in [0, 0.05) is 12.1 Å². The van der Waals surface area contributed by atoms with E-state index in [1.165, 1.54) is 0 Å². The van der Waals surface area contributed by atoms with Crippen molar-refractivity contribution in [2.24, 2.45) is 0 Å². The van der Waals surface area contributed by atoms with Gasteiger partial charge in [-0.15, -0.1) is 0 Å². The number of ether oxygens (including phenoxy) is 1. The summed E-state index contributed by atoms with van der Waals surface area (Å²) in [6, 6.07) is 0. The first-order chi connectivity index (χ1) is 6.72. The molecule has 0 aromatic rings. The molecule has 3 heteroatoms. The second kappa shape index (κ2) is 8.75. The second-order valence-electron chi connectivity index (χ2n) is 3.27. The van der Waals surface area contributed by atoms with Crippen LogP contribution in [0.5, 0.6) is 0 Å². The van der Waals surface area contributed by atoms with E-state index in [0.29, 0.717) is 13.2 Å². The second-order valence-corrected chi connectivity index (χ2v) is 3.27. The van der Waals surface area contributed by atoms with Gasteiger partial charge in [-0.3, -0.25) is 0 Å². The summed E-state index contributed by atoms with van der Waals surface area (Å²) in [5.74, 6) is -0.198. The molecule has 0 aliphatic heterocycles. The Morgan fingerprint density at radius 3 is 2.79 bits per heavy atom. The average Bonchev–Trinajstić information content (AvgIpc) is 2.18. The van der Waals surface area contributed by atoms with Crippen molar-refractivity contribution >= 4 is 5.97 Å². The SMILES string of the molecule is CCCCC=C(C)C(=O)OCCNC. The van der Waals surface area contributed by atoms with Crippen LogP contribution in [-0.2, 0) is 9.53 Å². The average molecular weight is 199 g/mol. The van der Waals surface area contributed by atoms with Crippen LogP contribution in [0.15, 0.2) is 11.6 Å². The van der Waals surface area contributed by atoms with E-state index in [-0.39, 0.29) is 5.97 Å². The number of hydrogen-bond donors (Lipinski definition) is 1. The molecule has 0 heterocycles. The number of rotatable bonds is 7. The van der Waals surface area contributed by atoms with E-state index < -0.39 is 0 Å². The molecule has 0 radical (unpaired) electrons. The predicted molar refractivity (Wildman–Crippen MR) is 58.2 cm³/mol. The van der Waals surface area contributed by atoms with Crippen LogP contribution in [0.2, 0.25) is 0 Å². The maximum atomic E-state index is 11.3. The van der Waals surface area contributed by atoms with Crippen molar-refractivity contribution in [1.29, 1.82) is 0 Å². The Morgan fingerprint density at radius 2 is 2.21 bits per heavy atom. The molecule has 0 bridgehead atoms. The lowest BCUT2D eigenvalue weighted by Gasteiger charge is -2.03. The zero-order valence-electron chi connectivity index (χ0n) is 9.43. The number of esters is 1. The summed E-state index contributed by atoms with van der Waals surface area (Å²) in [7, 11) is 1.83. The summed E-state index contributed by atoms with van der Waals surface area (Å²) in [6.45, 7) is 5.08.